The summed E-state index contributed by atoms with van der Waals surface area (Å²) in [7, 11) is -3.32. The minimum Gasteiger partial charge on any atom is -0.507 e. The number of hydrogen-bond donors (Lipinski definition) is 2. The average molecular weight is 505 g/mol. The molecule has 0 radical (unpaired) electrons. The molecule has 1 aliphatic heterocycles. The number of amides is 1. The van der Waals surface area contributed by atoms with Crippen molar-refractivity contribution in [1.82, 2.24) is 9.21 Å². The van der Waals surface area contributed by atoms with Crippen LogP contribution < -0.4 is 0 Å². The van der Waals surface area contributed by atoms with Gasteiger partial charge in [-0.15, -0.1) is 0 Å². The molecule has 35 heavy (non-hydrogen) atoms. The molecule has 2 atom stereocenters. The Hall–Kier alpha value is -2.32. The lowest BCUT2D eigenvalue weighted by Gasteiger charge is -2.35. The lowest BCUT2D eigenvalue weighted by Crippen LogP contribution is -2.50. The van der Waals surface area contributed by atoms with Crippen molar-refractivity contribution in [2.75, 3.05) is 32.4 Å². The summed E-state index contributed by atoms with van der Waals surface area (Å²) in [6, 6.07) is 1.65. The maximum Gasteiger partial charge on any atom is 0.257 e. The number of phenols is 2. The number of carbonyl (C=O) groups excluding carboxylic acids is 1. The minimum absolute atomic E-state index is 0.00893. The molecular formula is C27H40N2O5S. The largest absolute Gasteiger partial charge is 0.507 e. The Bertz CT molecular complexity index is 1100. The van der Waals surface area contributed by atoms with Crippen LogP contribution in [0, 0.1) is 5.92 Å². The molecule has 0 spiro atoms. The fraction of sp³-hybridized carbons (Fsp3) is 0.593. The second kappa shape index (κ2) is 11.2. The molecule has 1 aromatic rings. The number of aryl methyl sites for hydroxylation is 1. The highest BCUT2D eigenvalue weighted by molar-refractivity contribution is 7.88. The summed E-state index contributed by atoms with van der Waals surface area (Å²) in [6.45, 7) is 11.2. The number of sulfonamides is 1. The van der Waals surface area contributed by atoms with E-state index >= 15 is 0 Å². The van der Waals surface area contributed by atoms with Crippen LogP contribution in [0.15, 0.2) is 29.9 Å². The molecular weight excluding hydrogens is 464 g/mol. The van der Waals surface area contributed by atoms with E-state index in [4.69, 9.17) is 0 Å². The van der Waals surface area contributed by atoms with Gasteiger partial charge in [0.1, 0.15) is 11.5 Å². The van der Waals surface area contributed by atoms with E-state index < -0.39 is 10.0 Å². The van der Waals surface area contributed by atoms with Gasteiger partial charge < -0.3 is 15.1 Å². The third-order valence-electron chi connectivity index (χ3n) is 7.37. The summed E-state index contributed by atoms with van der Waals surface area (Å²) < 4.78 is 25.2. The quantitative estimate of drug-likeness (QED) is 0.399. The van der Waals surface area contributed by atoms with Crippen molar-refractivity contribution in [3.8, 4) is 11.5 Å². The molecule has 1 amide bonds. The van der Waals surface area contributed by atoms with Gasteiger partial charge in [-0.25, -0.2) is 8.42 Å². The summed E-state index contributed by atoms with van der Waals surface area (Å²) in [5.41, 5.74) is 3.42. The maximum absolute atomic E-state index is 13.7. The number of rotatable bonds is 8. The SMILES string of the molecule is C=C(C)C1CCC(C)=CC1c1c(O)cc(CCCCC)c(C(=O)N2CCN(S(C)(=O)=O)CC2)c1O. The van der Waals surface area contributed by atoms with Crippen molar-refractivity contribution < 1.29 is 23.4 Å². The summed E-state index contributed by atoms with van der Waals surface area (Å²) in [6.07, 6.45) is 8.46. The minimum atomic E-state index is -3.32. The molecule has 2 unspecified atom stereocenters. The van der Waals surface area contributed by atoms with Crippen molar-refractivity contribution in [3.05, 3.63) is 46.6 Å². The van der Waals surface area contributed by atoms with E-state index in [1.807, 2.05) is 13.8 Å². The van der Waals surface area contributed by atoms with Gasteiger partial charge in [0.2, 0.25) is 10.0 Å². The molecule has 0 bridgehead atoms. The van der Waals surface area contributed by atoms with Gasteiger partial charge in [-0.05, 0) is 57.1 Å². The Morgan fingerprint density at radius 3 is 2.40 bits per heavy atom. The van der Waals surface area contributed by atoms with E-state index in [1.54, 1.807) is 11.0 Å². The number of carbonyl (C=O) groups is 1. The predicted molar refractivity (Wildman–Crippen MR) is 139 cm³/mol. The van der Waals surface area contributed by atoms with Crippen LogP contribution >= 0.6 is 0 Å². The van der Waals surface area contributed by atoms with Crippen LogP contribution in [-0.2, 0) is 16.4 Å². The molecule has 2 aliphatic rings. The fourth-order valence-electron chi connectivity index (χ4n) is 5.34. The van der Waals surface area contributed by atoms with Crippen LogP contribution in [0.5, 0.6) is 11.5 Å². The lowest BCUT2D eigenvalue weighted by molar-refractivity contribution is 0.0693. The van der Waals surface area contributed by atoms with E-state index in [9.17, 15) is 23.4 Å². The van der Waals surface area contributed by atoms with Crippen LogP contribution in [0.1, 0.15) is 80.3 Å². The number of benzene rings is 1. The van der Waals surface area contributed by atoms with Gasteiger partial charge in [-0.3, -0.25) is 4.79 Å². The summed E-state index contributed by atoms with van der Waals surface area (Å²) >= 11 is 0. The Balaban J connectivity index is 2.05. The zero-order valence-electron chi connectivity index (χ0n) is 21.5. The third-order valence-corrected chi connectivity index (χ3v) is 8.68. The topological polar surface area (TPSA) is 98.2 Å². The highest BCUT2D eigenvalue weighted by Gasteiger charge is 2.35. The van der Waals surface area contributed by atoms with Crippen molar-refractivity contribution in [3.63, 3.8) is 0 Å². The number of unbranched alkanes of at least 4 members (excludes halogenated alkanes) is 2. The zero-order valence-corrected chi connectivity index (χ0v) is 22.3. The number of hydrogen-bond acceptors (Lipinski definition) is 5. The monoisotopic (exact) mass is 504 g/mol. The molecule has 0 saturated carbocycles. The summed E-state index contributed by atoms with van der Waals surface area (Å²) in [4.78, 5) is 15.4. The molecule has 1 fully saturated rings. The van der Waals surface area contributed by atoms with Crippen molar-refractivity contribution in [2.24, 2.45) is 5.92 Å². The van der Waals surface area contributed by atoms with E-state index in [0.717, 1.165) is 37.7 Å². The number of phenolic OH excluding ortho intramolecular Hbond substituents is 2. The second-order valence-electron chi connectivity index (χ2n) is 10.1. The Morgan fingerprint density at radius 1 is 1.17 bits per heavy atom. The predicted octanol–water partition coefficient (Wildman–Crippen LogP) is 4.56. The van der Waals surface area contributed by atoms with Crippen molar-refractivity contribution in [2.45, 2.75) is 65.2 Å². The van der Waals surface area contributed by atoms with Crippen molar-refractivity contribution in [1.29, 1.82) is 0 Å². The Labute approximate surface area is 210 Å². The van der Waals surface area contributed by atoms with Gasteiger partial charge >= 0.3 is 0 Å². The van der Waals surface area contributed by atoms with Crippen LogP contribution in [0.4, 0.5) is 0 Å². The third kappa shape index (κ3) is 6.09. The smallest absolute Gasteiger partial charge is 0.257 e. The zero-order chi connectivity index (χ0) is 25.9. The number of aromatic hydroxyl groups is 2. The van der Waals surface area contributed by atoms with E-state index in [1.165, 1.54) is 16.1 Å². The van der Waals surface area contributed by atoms with Gasteiger partial charge in [-0.2, -0.15) is 4.31 Å². The number of piperazine rings is 1. The fourth-order valence-corrected chi connectivity index (χ4v) is 6.17. The summed E-state index contributed by atoms with van der Waals surface area (Å²) in [5, 5.41) is 22.6. The second-order valence-corrected chi connectivity index (χ2v) is 12.1. The molecule has 3 rings (SSSR count). The van der Waals surface area contributed by atoms with E-state index in [0.29, 0.717) is 17.5 Å². The molecule has 1 saturated heterocycles. The first-order valence-corrected chi connectivity index (χ1v) is 14.4. The van der Waals surface area contributed by atoms with E-state index in [-0.39, 0.29) is 61.0 Å². The van der Waals surface area contributed by atoms with E-state index in [2.05, 4.69) is 19.6 Å². The standard InChI is InChI=1S/C27H40N2O5S/c1-6-7-8-9-20-17-23(30)25(22-16-19(4)10-11-21(22)18(2)3)26(31)24(20)27(32)28-12-14-29(15-13-28)35(5,33)34/h16-17,21-22,30-31H,2,6-15H2,1,3-5H3. The van der Waals surface area contributed by atoms with Crippen LogP contribution in [0.2, 0.25) is 0 Å². The highest BCUT2D eigenvalue weighted by Crippen LogP contribution is 2.48. The van der Waals surface area contributed by atoms with Crippen LogP contribution in [0.25, 0.3) is 0 Å². The number of nitrogens with zero attached hydrogens (tertiary/aromatic N) is 2. The van der Waals surface area contributed by atoms with Gasteiger partial charge in [0, 0.05) is 37.7 Å². The average Bonchev–Trinajstić information content (AvgIpc) is 2.78. The first kappa shape index (κ1) is 27.3. The summed E-state index contributed by atoms with van der Waals surface area (Å²) in [5.74, 6) is -0.669. The molecule has 194 valence electrons. The molecule has 7 nitrogen and oxygen atoms in total. The Morgan fingerprint density at radius 2 is 1.83 bits per heavy atom. The lowest BCUT2D eigenvalue weighted by atomic mass is 9.73. The normalized spacial score (nSPS) is 21.6. The van der Waals surface area contributed by atoms with Crippen molar-refractivity contribution >= 4 is 15.9 Å². The Kier molecular flexibility index (Phi) is 8.70. The molecule has 2 N–H and O–H groups in total. The molecule has 8 heteroatoms. The van der Waals surface area contributed by atoms with Gasteiger partial charge in [0.15, 0.2) is 0 Å². The first-order valence-electron chi connectivity index (χ1n) is 12.6. The highest BCUT2D eigenvalue weighted by atomic mass is 32.2. The molecule has 1 aliphatic carbocycles. The van der Waals surface area contributed by atoms with Crippen LogP contribution in [-0.4, -0.2) is 66.2 Å². The van der Waals surface area contributed by atoms with Gasteiger partial charge in [0.25, 0.3) is 5.91 Å². The first-order chi connectivity index (χ1) is 16.5. The van der Waals surface area contributed by atoms with Crippen LogP contribution in [0.3, 0.4) is 0 Å². The molecule has 1 aromatic carbocycles. The molecule has 1 heterocycles. The number of allylic oxidation sites excluding steroid dienone is 3. The van der Waals surface area contributed by atoms with Gasteiger partial charge in [-0.1, -0.05) is 43.6 Å². The van der Waals surface area contributed by atoms with Gasteiger partial charge in [0.05, 0.1) is 11.8 Å². The maximum atomic E-state index is 13.7. The molecule has 0 aromatic heterocycles.